The molecule has 5 N–H and O–H groups in total. The van der Waals surface area contributed by atoms with E-state index >= 15 is 0 Å². The zero-order valence-electron chi connectivity index (χ0n) is 11.4. The van der Waals surface area contributed by atoms with Gasteiger partial charge in [0.25, 0.3) is 0 Å². The third-order valence-corrected chi connectivity index (χ3v) is 3.77. The molecule has 1 aromatic carbocycles. The first-order valence-electron chi connectivity index (χ1n) is 6.45. The van der Waals surface area contributed by atoms with Gasteiger partial charge in [-0.15, -0.1) is 0 Å². The zero-order chi connectivity index (χ0) is 13.8. The minimum Gasteiger partial charge on any atom is -0.397 e. The van der Waals surface area contributed by atoms with Gasteiger partial charge in [0.05, 0.1) is 11.4 Å². The second kappa shape index (κ2) is 5.76. The quantitative estimate of drug-likeness (QED) is 0.678. The second-order valence-corrected chi connectivity index (χ2v) is 4.63. The molecule has 0 atom stereocenters. The lowest BCUT2D eigenvalue weighted by molar-refractivity contribution is 0.100. The van der Waals surface area contributed by atoms with Crippen LogP contribution in [0.15, 0.2) is 18.2 Å². The molecule has 0 heterocycles. The zero-order valence-corrected chi connectivity index (χ0v) is 11.4. The maximum absolute atomic E-state index is 11.1. The van der Waals surface area contributed by atoms with E-state index in [9.17, 15) is 4.79 Å². The summed E-state index contributed by atoms with van der Waals surface area (Å²) in [5.74, 6) is -0.457. The molecule has 0 aromatic heterocycles. The molecule has 0 unspecified atom stereocenters. The van der Waals surface area contributed by atoms with Gasteiger partial charge in [0.15, 0.2) is 0 Å². The largest absolute Gasteiger partial charge is 0.397 e. The number of amides is 1. The fraction of sp³-hybridized carbons (Fsp3) is 0.500. The minimum absolute atomic E-state index is 0.0579. The van der Waals surface area contributed by atoms with Crippen LogP contribution in [0.5, 0.6) is 0 Å². The summed E-state index contributed by atoms with van der Waals surface area (Å²) >= 11 is 0. The summed E-state index contributed by atoms with van der Waals surface area (Å²) in [7, 11) is 0. The lowest BCUT2D eigenvalue weighted by atomic mass is 9.89. The third-order valence-electron chi connectivity index (χ3n) is 3.77. The summed E-state index contributed by atoms with van der Waals surface area (Å²) in [5.41, 5.74) is 13.1. The van der Waals surface area contributed by atoms with Crippen molar-refractivity contribution in [3.05, 3.63) is 23.8 Å². The molecule has 4 heteroatoms. The highest BCUT2D eigenvalue weighted by atomic mass is 16.1. The molecular formula is C14H23N3O. The van der Waals surface area contributed by atoms with E-state index in [-0.39, 0.29) is 5.54 Å². The number of nitrogen functional groups attached to an aromatic ring is 1. The van der Waals surface area contributed by atoms with Crippen molar-refractivity contribution in [2.75, 3.05) is 11.1 Å². The first-order chi connectivity index (χ1) is 8.48. The number of benzene rings is 1. The summed E-state index contributed by atoms with van der Waals surface area (Å²) in [4.78, 5) is 11.1. The Labute approximate surface area is 109 Å². The lowest BCUT2D eigenvalue weighted by Crippen LogP contribution is -2.36. The van der Waals surface area contributed by atoms with Crippen LogP contribution in [0.1, 0.15) is 50.4 Å². The van der Waals surface area contributed by atoms with Gasteiger partial charge in [-0.25, -0.2) is 0 Å². The normalized spacial score (nSPS) is 11.3. The van der Waals surface area contributed by atoms with Gasteiger partial charge in [0, 0.05) is 11.1 Å². The van der Waals surface area contributed by atoms with Crippen molar-refractivity contribution < 1.29 is 4.79 Å². The van der Waals surface area contributed by atoms with E-state index in [2.05, 4.69) is 26.1 Å². The van der Waals surface area contributed by atoms with Gasteiger partial charge < -0.3 is 16.8 Å². The Morgan fingerprint density at radius 2 is 1.78 bits per heavy atom. The first kappa shape index (κ1) is 14.4. The van der Waals surface area contributed by atoms with Crippen LogP contribution in [0, 0.1) is 0 Å². The number of carbonyl (C=O) groups is 1. The van der Waals surface area contributed by atoms with Crippen LogP contribution in [-0.2, 0) is 0 Å². The van der Waals surface area contributed by atoms with E-state index in [1.807, 2.05) is 6.07 Å². The Morgan fingerprint density at radius 1 is 1.22 bits per heavy atom. The Kier molecular flexibility index (Phi) is 4.59. The fourth-order valence-electron chi connectivity index (χ4n) is 2.13. The minimum atomic E-state index is -0.457. The summed E-state index contributed by atoms with van der Waals surface area (Å²) < 4.78 is 0. The number of nitrogens with one attached hydrogen (secondary N) is 1. The highest BCUT2D eigenvalue weighted by Crippen LogP contribution is 2.29. The fourth-order valence-corrected chi connectivity index (χ4v) is 2.13. The molecule has 0 aliphatic heterocycles. The molecular weight excluding hydrogens is 226 g/mol. The van der Waals surface area contributed by atoms with Crippen molar-refractivity contribution in [2.24, 2.45) is 5.73 Å². The molecule has 4 nitrogen and oxygen atoms in total. The van der Waals surface area contributed by atoms with Crippen molar-refractivity contribution >= 4 is 17.3 Å². The molecule has 0 radical (unpaired) electrons. The van der Waals surface area contributed by atoms with Gasteiger partial charge in [-0.2, -0.15) is 0 Å². The Bertz CT molecular complexity index is 417. The molecule has 100 valence electrons. The predicted molar refractivity (Wildman–Crippen MR) is 76.6 cm³/mol. The Morgan fingerprint density at radius 3 is 2.17 bits per heavy atom. The topological polar surface area (TPSA) is 81.1 Å². The average molecular weight is 249 g/mol. The number of carbonyl (C=O) groups excluding carboxylic acids is 1. The molecule has 0 aliphatic carbocycles. The van der Waals surface area contributed by atoms with Gasteiger partial charge >= 0.3 is 0 Å². The predicted octanol–water partition coefficient (Wildman–Crippen LogP) is 2.75. The first-order valence-corrected chi connectivity index (χ1v) is 6.45. The van der Waals surface area contributed by atoms with E-state index in [0.29, 0.717) is 11.3 Å². The highest BCUT2D eigenvalue weighted by Gasteiger charge is 2.24. The number of hydrogen-bond donors (Lipinski definition) is 3. The number of nitrogens with two attached hydrogens (primary N) is 2. The van der Waals surface area contributed by atoms with Gasteiger partial charge in [0.1, 0.15) is 0 Å². The van der Waals surface area contributed by atoms with E-state index < -0.39 is 5.91 Å². The van der Waals surface area contributed by atoms with Gasteiger partial charge in [-0.05, 0) is 37.5 Å². The summed E-state index contributed by atoms with van der Waals surface area (Å²) in [6.45, 7) is 6.48. The van der Waals surface area contributed by atoms with Gasteiger partial charge in [0.2, 0.25) is 5.91 Å². The standard InChI is InChI=1S/C14H23N3O/c1-4-14(5-2,6-3)17-12-8-7-10(13(16)18)9-11(12)15/h7-9,17H,4-6,15H2,1-3H3,(H2,16,18). The summed E-state index contributed by atoms with van der Waals surface area (Å²) in [6.07, 6.45) is 3.07. The van der Waals surface area contributed by atoms with Crippen molar-refractivity contribution in [3.63, 3.8) is 0 Å². The van der Waals surface area contributed by atoms with Crippen LogP contribution in [-0.4, -0.2) is 11.4 Å². The SMILES string of the molecule is CCC(CC)(CC)Nc1ccc(C(N)=O)cc1N. The molecule has 0 aliphatic rings. The lowest BCUT2D eigenvalue weighted by Gasteiger charge is -2.33. The monoisotopic (exact) mass is 249 g/mol. The molecule has 0 saturated heterocycles. The van der Waals surface area contributed by atoms with E-state index in [1.165, 1.54) is 0 Å². The number of anilines is 2. The van der Waals surface area contributed by atoms with E-state index in [4.69, 9.17) is 11.5 Å². The molecule has 0 fully saturated rings. The maximum Gasteiger partial charge on any atom is 0.248 e. The van der Waals surface area contributed by atoms with Crippen LogP contribution in [0.25, 0.3) is 0 Å². The number of rotatable bonds is 6. The third kappa shape index (κ3) is 2.94. The average Bonchev–Trinajstić information content (AvgIpc) is 2.38. The van der Waals surface area contributed by atoms with Crippen LogP contribution >= 0.6 is 0 Å². The molecule has 1 aromatic rings. The van der Waals surface area contributed by atoms with Crippen molar-refractivity contribution in [1.29, 1.82) is 0 Å². The second-order valence-electron chi connectivity index (χ2n) is 4.63. The number of hydrogen-bond acceptors (Lipinski definition) is 3. The molecule has 0 spiro atoms. The molecule has 1 amide bonds. The van der Waals surface area contributed by atoms with E-state index in [0.717, 1.165) is 24.9 Å². The van der Waals surface area contributed by atoms with Crippen LogP contribution in [0.4, 0.5) is 11.4 Å². The molecule has 0 saturated carbocycles. The van der Waals surface area contributed by atoms with Crippen molar-refractivity contribution in [3.8, 4) is 0 Å². The van der Waals surface area contributed by atoms with Gasteiger partial charge in [-0.1, -0.05) is 20.8 Å². The molecule has 1 rings (SSSR count). The smallest absolute Gasteiger partial charge is 0.248 e. The summed E-state index contributed by atoms with van der Waals surface area (Å²) in [6, 6.07) is 5.15. The maximum atomic E-state index is 11.1. The van der Waals surface area contributed by atoms with E-state index in [1.54, 1.807) is 12.1 Å². The highest BCUT2D eigenvalue weighted by molar-refractivity contribution is 5.94. The van der Waals surface area contributed by atoms with Crippen LogP contribution in [0.3, 0.4) is 0 Å². The Balaban J connectivity index is 3.01. The van der Waals surface area contributed by atoms with Crippen LogP contribution < -0.4 is 16.8 Å². The van der Waals surface area contributed by atoms with Crippen molar-refractivity contribution in [1.82, 2.24) is 0 Å². The number of primary amides is 1. The summed E-state index contributed by atoms with van der Waals surface area (Å²) in [5, 5.41) is 3.50. The van der Waals surface area contributed by atoms with Gasteiger partial charge in [-0.3, -0.25) is 4.79 Å². The Hall–Kier alpha value is -1.71. The molecule has 0 bridgehead atoms. The molecule has 18 heavy (non-hydrogen) atoms. The van der Waals surface area contributed by atoms with Crippen LogP contribution in [0.2, 0.25) is 0 Å². The van der Waals surface area contributed by atoms with Crippen molar-refractivity contribution in [2.45, 2.75) is 45.6 Å².